The molecule has 0 saturated carbocycles. The molecule has 2 heterocycles. The maximum absolute atomic E-state index is 5.63. The maximum Gasteiger partial charge on any atom is 0.0806 e. The Morgan fingerprint density at radius 1 is 1.55 bits per heavy atom. The molecule has 0 spiro atoms. The molecule has 1 N–H and O–H groups in total. The van der Waals surface area contributed by atoms with E-state index in [1.165, 1.54) is 6.42 Å². The Hall–Kier alpha value is -0.340. The van der Waals surface area contributed by atoms with Crippen LogP contribution in [0.2, 0.25) is 0 Å². The third-order valence-electron chi connectivity index (χ3n) is 2.50. The van der Waals surface area contributed by atoms with Crippen LogP contribution in [0.5, 0.6) is 0 Å². The standard InChI is InChI=1S/C9H15NO/c1-2-10-6-7-5-8-3-4-9(7)11-8/h3-4,7-10H,2,5-6H2,1H3. The smallest absolute Gasteiger partial charge is 0.0806 e. The van der Waals surface area contributed by atoms with Gasteiger partial charge in [0.05, 0.1) is 12.2 Å². The molecule has 1 saturated heterocycles. The van der Waals surface area contributed by atoms with E-state index in [0.29, 0.717) is 12.2 Å². The molecule has 2 aliphatic rings. The summed E-state index contributed by atoms with van der Waals surface area (Å²) in [5.74, 6) is 0.727. The summed E-state index contributed by atoms with van der Waals surface area (Å²) >= 11 is 0. The maximum atomic E-state index is 5.63. The fourth-order valence-corrected chi connectivity index (χ4v) is 1.89. The summed E-state index contributed by atoms with van der Waals surface area (Å²) in [6.07, 6.45) is 6.46. The van der Waals surface area contributed by atoms with Crippen molar-refractivity contribution in [2.24, 2.45) is 5.92 Å². The fourth-order valence-electron chi connectivity index (χ4n) is 1.89. The first kappa shape index (κ1) is 7.32. The van der Waals surface area contributed by atoms with E-state index in [0.717, 1.165) is 19.0 Å². The lowest BCUT2D eigenvalue weighted by Gasteiger charge is -2.14. The fraction of sp³-hybridized carbons (Fsp3) is 0.778. The molecule has 0 aromatic carbocycles. The highest BCUT2D eigenvalue weighted by molar-refractivity contribution is 5.11. The third-order valence-corrected chi connectivity index (χ3v) is 2.50. The van der Waals surface area contributed by atoms with Crippen molar-refractivity contribution in [3.05, 3.63) is 12.2 Å². The van der Waals surface area contributed by atoms with Gasteiger partial charge in [0, 0.05) is 12.5 Å². The molecule has 0 aliphatic carbocycles. The third kappa shape index (κ3) is 1.33. The van der Waals surface area contributed by atoms with Crippen LogP contribution in [-0.2, 0) is 4.74 Å². The van der Waals surface area contributed by atoms with Crippen LogP contribution in [0.1, 0.15) is 13.3 Å². The topological polar surface area (TPSA) is 21.3 Å². The predicted octanol–water partition coefficient (Wildman–Crippen LogP) is 0.939. The van der Waals surface area contributed by atoms with Crippen molar-refractivity contribution in [2.45, 2.75) is 25.6 Å². The zero-order valence-corrected chi connectivity index (χ0v) is 6.92. The highest BCUT2D eigenvalue weighted by atomic mass is 16.5. The molecule has 0 aromatic heterocycles. The van der Waals surface area contributed by atoms with Crippen LogP contribution in [-0.4, -0.2) is 25.3 Å². The lowest BCUT2D eigenvalue weighted by Crippen LogP contribution is -2.27. The van der Waals surface area contributed by atoms with E-state index in [2.05, 4.69) is 24.4 Å². The van der Waals surface area contributed by atoms with E-state index in [-0.39, 0.29) is 0 Å². The Bertz CT molecular complexity index is 167. The first-order valence-electron chi connectivity index (χ1n) is 4.44. The van der Waals surface area contributed by atoms with Crippen molar-refractivity contribution in [1.82, 2.24) is 5.32 Å². The van der Waals surface area contributed by atoms with Gasteiger partial charge in [0.2, 0.25) is 0 Å². The molecular weight excluding hydrogens is 138 g/mol. The minimum Gasteiger partial charge on any atom is -0.367 e. The minimum absolute atomic E-state index is 0.416. The Kier molecular flexibility index (Phi) is 1.96. The SMILES string of the molecule is CCNCC1CC2C=CC1O2. The number of rotatable bonds is 3. The second kappa shape index (κ2) is 2.95. The summed E-state index contributed by atoms with van der Waals surface area (Å²) < 4.78 is 5.63. The molecule has 62 valence electrons. The first-order valence-corrected chi connectivity index (χ1v) is 4.44. The Balaban J connectivity index is 1.84. The van der Waals surface area contributed by atoms with E-state index in [1.807, 2.05) is 0 Å². The van der Waals surface area contributed by atoms with Crippen LogP contribution in [0.3, 0.4) is 0 Å². The van der Waals surface area contributed by atoms with Crippen molar-refractivity contribution < 1.29 is 4.74 Å². The van der Waals surface area contributed by atoms with Crippen molar-refractivity contribution in [3.8, 4) is 0 Å². The lowest BCUT2D eigenvalue weighted by atomic mass is 9.94. The first-order chi connectivity index (χ1) is 5.40. The van der Waals surface area contributed by atoms with Gasteiger partial charge in [0.25, 0.3) is 0 Å². The van der Waals surface area contributed by atoms with Gasteiger partial charge in [0.15, 0.2) is 0 Å². The van der Waals surface area contributed by atoms with Crippen molar-refractivity contribution in [3.63, 3.8) is 0 Å². The van der Waals surface area contributed by atoms with Crippen molar-refractivity contribution in [2.75, 3.05) is 13.1 Å². The molecule has 2 bridgehead atoms. The van der Waals surface area contributed by atoms with Gasteiger partial charge in [-0.2, -0.15) is 0 Å². The van der Waals surface area contributed by atoms with Crippen molar-refractivity contribution in [1.29, 1.82) is 0 Å². The van der Waals surface area contributed by atoms with Gasteiger partial charge in [-0.15, -0.1) is 0 Å². The molecule has 3 unspecified atom stereocenters. The molecule has 2 heteroatoms. The zero-order valence-electron chi connectivity index (χ0n) is 6.92. The quantitative estimate of drug-likeness (QED) is 0.609. The van der Waals surface area contributed by atoms with E-state index < -0.39 is 0 Å². The highest BCUT2D eigenvalue weighted by Crippen LogP contribution is 2.32. The molecular formula is C9H15NO. The van der Waals surface area contributed by atoms with Gasteiger partial charge < -0.3 is 10.1 Å². The van der Waals surface area contributed by atoms with Gasteiger partial charge in [-0.3, -0.25) is 0 Å². The number of ether oxygens (including phenoxy) is 1. The molecule has 1 fully saturated rings. The summed E-state index contributed by atoms with van der Waals surface area (Å²) in [5, 5.41) is 3.36. The monoisotopic (exact) mass is 153 g/mol. The molecule has 2 aliphatic heterocycles. The molecule has 0 aromatic rings. The molecule has 2 nitrogen and oxygen atoms in total. The van der Waals surface area contributed by atoms with Gasteiger partial charge in [-0.25, -0.2) is 0 Å². The Labute approximate surface area is 67.6 Å². The number of fused-ring (bicyclic) bond motifs is 2. The molecule has 0 radical (unpaired) electrons. The van der Waals surface area contributed by atoms with Crippen LogP contribution in [0.4, 0.5) is 0 Å². The van der Waals surface area contributed by atoms with Gasteiger partial charge in [0.1, 0.15) is 0 Å². The summed E-state index contributed by atoms with van der Waals surface area (Å²) in [6, 6.07) is 0. The van der Waals surface area contributed by atoms with Crippen LogP contribution in [0.15, 0.2) is 12.2 Å². The van der Waals surface area contributed by atoms with Gasteiger partial charge in [-0.05, 0) is 13.0 Å². The van der Waals surface area contributed by atoms with Crippen LogP contribution < -0.4 is 5.32 Å². The normalized spacial score (nSPS) is 40.3. The second-order valence-corrected chi connectivity index (χ2v) is 3.33. The minimum atomic E-state index is 0.416. The molecule has 2 rings (SSSR count). The summed E-state index contributed by atoms with van der Waals surface area (Å²) in [5.41, 5.74) is 0. The van der Waals surface area contributed by atoms with E-state index >= 15 is 0 Å². The summed E-state index contributed by atoms with van der Waals surface area (Å²) in [6.45, 7) is 4.32. The van der Waals surface area contributed by atoms with Crippen LogP contribution in [0, 0.1) is 5.92 Å². The number of hydrogen-bond donors (Lipinski definition) is 1. The molecule has 0 amide bonds. The highest BCUT2D eigenvalue weighted by Gasteiger charge is 2.35. The molecule has 11 heavy (non-hydrogen) atoms. The van der Waals surface area contributed by atoms with E-state index in [4.69, 9.17) is 4.74 Å². The van der Waals surface area contributed by atoms with Gasteiger partial charge in [-0.1, -0.05) is 19.1 Å². The Morgan fingerprint density at radius 3 is 3.00 bits per heavy atom. The predicted molar refractivity (Wildman–Crippen MR) is 44.5 cm³/mol. The Morgan fingerprint density at radius 2 is 2.45 bits per heavy atom. The van der Waals surface area contributed by atoms with Gasteiger partial charge >= 0.3 is 0 Å². The summed E-state index contributed by atoms with van der Waals surface area (Å²) in [7, 11) is 0. The average Bonchev–Trinajstić information content (AvgIpc) is 2.60. The van der Waals surface area contributed by atoms with Crippen molar-refractivity contribution >= 4 is 0 Å². The molecule has 3 atom stereocenters. The summed E-state index contributed by atoms with van der Waals surface area (Å²) in [4.78, 5) is 0. The number of hydrogen-bond acceptors (Lipinski definition) is 2. The lowest BCUT2D eigenvalue weighted by molar-refractivity contribution is 0.108. The van der Waals surface area contributed by atoms with E-state index in [9.17, 15) is 0 Å². The second-order valence-electron chi connectivity index (χ2n) is 3.33. The average molecular weight is 153 g/mol. The largest absolute Gasteiger partial charge is 0.367 e. The van der Waals surface area contributed by atoms with Crippen LogP contribution >= 0.6 is 0 Å². The van der Waals surface area contributed by atoms with E-state index in [1.54, 1.807) is 0 Å². The van der Waals surface area contributed by atoms with Crippen LogP contribution in [0.25, 0.3) is 0 Å². The number of nitrogens with one attached hydrogen (secondary N) is 1. The zero-order chi connectivity index (χ0) is 7.68.